The molecule has 0 saturated heterocycles. The fourth-order valence-corrected chi connectivity index (χ4v) is 1.86. The van der Waals surface area contributed by atoms with Gasteiger partial charge >= 0.3 is 12.0 Å². The van der Waals surface area contributed by atoms with Crippen molar-refractivity contribution in [3.63, 3.8) is 0 Å². The number of ether oxygens (including phenoxy) is 1. The van der Waals surface area contributed by atoms with Gasteiger partial charge in [-0.25, -0.2) is 18.0 Å². The van der Waals surface area contributed by atoms with Gasteiger partial charge in [0.2, 0.25) is 0 Å². The van der Waals surface area contributed by atoms with Crippen LogP contribution in [0.2, 0.25) is 0 Å². The molecule has 108 valence electrons. The quantitative estimate of drug-likeness (QED) is 0.716. The van der Waals surface area contributed by atoms with Gasteiger partial charge in [0.15, 0.2) is 16.4 Å². The topological polar surface area (TPSA) is 133 Å². The van der Waals surface area contributed by atoms with E-state index >= 15 is 0 Å². The number of carbonyl (C=O) groups excluding carboxylic acids is 3. The van der Waals surface area contributed by atoms with Crippen LogP contribution in [0.15, 0.2) is 29.2 Å². The fraction of sp³-hybridized carbons (Fsp3) is 0.182. The third-order valence-corrected chi connectivity index (χ3v) is 3.24. The summed E-state index contributed by atoms with van der Waals surface area (Å²) < 4.78 is 27.0. The number of hydrogen-bond acceptors (Lipinski definition) is 6. The molecular weight excluding hydrogens is 288 g/mol. The van der Waals surface area contributed by atoms with Gasteiger partial charge in [0.1, 0.15) is 0 Å². The molecule has 0 aliphatic heterocycles. The molecule has 9 heteroatoms. The molecule has 0 bridgehead atoms. The second-order valence-corrected chi connectivity index (χ2v) is 5.80. The molecule has 3 N–H and O–H groups in total. The molecule has 0 heterocycles. The SMILES string of the molecule is CS(=O)(=O)c1ccc(C(=O)OCC(=O)NC(N)=O)cc1. The van der Waals surface area contributed by atoms with Gasteiger partial charge in [0.05, 0.1) is 10.5 Å². The zero-order chi connectivity index (χ0) is 15.3. The van der Waals surface area contributed by atoms with Crippen LogP contribution in [0.5, 0.6) is 0 Å². The minimum absolute atomic E-state index is 0.0560. The number of esters is 1. The predicted octanol–water partition coefficient (Wildman–Crippen LogP) is -0.558. The van der Waals surface area contributed by atoms with Crippen molar-refractivity contribution >= 4 is 27.7 Å². The lowest BCUT2D eigenvalue weighted by Gasteiger charge is -2.05. The van der Waals surface area contributed by atoms with Crippen molar-refractivity contribution in [3.8, 4) is 0 Å². The average Bonchev–Trinajstić information content (AvgIpc) is 2.34. The highest BCUT2D eigenvalue weighted by Gasteiger charge is 2.13. The molecule has 0 atom stereocenters. The van der Waals surface area contributed by atoms with E-state index in [1.54, 1.807) is 5.32 Å². The lowest BCUT2D eigenvalue weighted by molar-refractivity contribution is -0.123. The van der Waals surface area contributed by atoms with Crippen LogP contribution in [-0.4, -0.2) is 39.2 Å². The molecule has 8 nitrogen and oxygen atoms in total. The normalized spacial score (nSPS) is 10.7. The third-order valence-electron chi connectivity index (χ3n) is 2.12. The fourth-order valence-electron chi connectivity index (χ4n) is 1.23. The van der Waals surface area contributed by atoms with Crippen molar-refractivity contribution in [2.24, 2.45) is 5.73 Å². The standard InChI is InChI=1S/C11H12N2O6S/c1-20(17,18)8-4-2-7(3-5-8)10(15)19-6-9(14)13-11(12)16/h2-5H,6H2,1H3,(H3,12,13,14,16). The summed E-state index contributed by atoms with van der Waals surface area (Å²) in [5, 5.41) is 1.72. The first-order valence-electron chi connectivity index (χ1n) is 5.26. The van der Waals surface area contributed by atoms with Crippen LogP contribution in [0.4, 0.5) is 4.79 Å². The van der Waals surface area contributed by atoms with E-state index in [2.05, 4.69) is 4.74 Å². The molecule has 1 aromatic carbocycles. The van der Waals surface area contributed by atoms with Gasteiger partial charge in [0, 0.05) is 6.26 Å². The van der Waals surface area contributed by atoms with Gasteiger partial charge in [-0.2, -0.15) is 0 Å². The van der Waals surface area contributed by atoms with Gasteiger partial charge in [-0.3, -0.25) is 10.1 Å². The minimum atomic E-state index is -3.35. The van der Waals surface area contributed by atoms with Crippen LogP contribution >= 0.6 is 0 Å². The van der Waals surface area contributed by atoms with E-state index in [-0.39, 0.29) is 10.5 Å². The van der Waals surface area contributed by atoms with Crippen molar-refractivity contribution in [2.75, 3.05) is 12.9 Å². The maximum absolute atomic E-state index is 11.5. The van der Waals surface area contributed by atoms with E-state index < -0.39 is 34.4 Å². The Labute approximate surface area is 114 Å². The zero-order valence-electron chi connectivity index (χ0n) is 10.5. The number of primary amides is 1. The number of nitrogens with two attached hydrogens (primary N) is 1. The molecule has 3 amide bonds. The van der Waals surface area contributed by atoms with Gasteiger partial charge in [-0.1, -0.05) is 0 Å². The second-order valence-electron chi connectivity index (χ2n) is 3.79. The monoisotopic (exact) mass is 300 g/mol. The van der Waals surface area contributed by atoms with Crippen molar-refractivity contribution in [1.29, 1.82) is 0 Å². The summed E-state index contributed by atoms with van der Waals surface area (Å²) in [6.07, 6.45) is 1.04. The molecule has 1 aromatic rings. The number of sulfone groups is 1. The molecule has 0 unspecified atom stereocenters. The van der Waals surface area contributed by atoms with Crippen LogP contribution in [0, 0.1) is 0 Å². The van der Waals surface area contributed by atoms with Crippen LogP contribution in [-0.2, 0) is 19.4 Å². The summed E-state index contributed by atoms with van der Waals surface area (Å²) in [5.74, 6) is -1.69. The molecule has 0 aromatic heterocycles. The summed E-state index contributed by atoms with van der Waals surface area (Å²) in [6, 6.07) is 3.95. The zero-order valence-corrected chi connectivity index (χ0v) is 11.3. The molecular formula is C11H12N2O6S. The first kappa shape index (κ1) is 15.6. The lowest BCUT2D eigenvalue weighted by atomic mass is 10.2. The van der Waals surface area contributed by atoms with E-state index in [4.69, 9.17) is 5.73 Å². The summed E-state index contributed by atoms with van der Waals surface area (Å²) in [4.78, 5) is 32.9. The van der Waals surface area contributed by atoms with Gasteiger partial charge < -0.3 is 10.5 Å². The predicted molar refractivity (Wildman–Crippen MR) is 67.6 cm³/mol. The highest BCUT2D eigenvalue weighted by Crippen LogP contribution is 2.11. The van der Waals surface area contributed by atoms with Gasteiger partial charge in [-0.15, -0.1) is 0 Å². The molecule has 0 radical (unpaired) electrons. The number of nitrogens with one attached hydrogen (secondary N) is 1. The van der Waals surface area contributed by atoms with E-state index in [1.165, 1.54) is 24.3 Å². The smallest absolute Gasteiger partial charge is 0.338 e. The number of benzene rings is 1. The van der Waals surface area contributed by atoms with E-state index in [0.29, 0.717) is 0 Å². The Morgan fingerprint density at radius 3 is 2.20 bits per heavy atom. The second kappa shape index (κ2) is 6.15. The first-order chi connectivity index (χ1) is 9.20. The highest BCUT2D eigenvalue weighted by molar-refractivity contribution is 7.90. The average molecular weight is 300 g/mol. The van der Waals surface area contributed by atoms with Crippen molar-refractivity contribution in [1.82, 2.24) is 5.32 Å². The van der Waals surface area contributed by atoms with Crippen LogP contribution in [0.3, 0.4) is 0 Å². The molecule has 0 aliphatic carbocycles. The maximum Gasteiger partial charge on any atom is 0.338 e. The van der Waals surface area contributed by atoms with Gasteiger partial charge in [0.25, 0.3) is 5.91 Å². The maximum atomic E-state index is 11.5. The van der Waals surface area contributed by atoms with Crippen molar-refractivity contribution < 1.29 is 27.5 Å². The van der Waals surface area contributed by atoms with E-state index in [1.807, 2.05) is 0 Å². The van der Waals surface area contributed by atoms with Crippen molar-refractivity contribution in [3.05, 3.63) is 29.8 Å². The molecule has 20 heavy (non-hydrogen) atoms. The van der Waals surface area contributed by atoms with Crippen molar-refractivity contribution in [2.45, 2.75) is 4.90 Å². The number of carbonyl (C=O) groups is 3. The summed E-state index contributed by atoms with van der Waals surface area (Å²) in [5.41, 5.74) is 4.77. The number of hydrogen-bond donors (Lipinski definition) is 2. The van der Waals surface area contributed by atoms with Crippen LogP contribution < -0.4 is 11.1 Å². The minimum Gasteiger partial charge on any atom is -0.452 e. The van der Waals surface area contributed by atoms with E-state index in [9.17, 15) is 22.8 Å². The molecule has 1 rings (SSSR count). The number of urea groups is 1. The first-order valence-corrected chi connectivity index (χ1v) is 7.16. The Morgan fingerprint density at radius 1 is 1.20 bits per heavy atom. The molecule has 0 saturated carbocycles. The van der Waals surface area contributed by atoms with E-state index in [0.717, 1.165) is 6.26 Å². The molecule has 0 spiro atoms. The van der Waals surface area contributed by atoms with Crippen LogP contribution in [0.1, 0.15) is 10.4 Å². The Morgan fingerprint density at radius 2 is 1.75 bits per heavy atom. The van der Waals surface area contributed by atoms with Crippen LogP contribution in [0.25, 0.3) is 0 Å². The Hall–Kier alpha value is -2.42. The summed E-state index contributed by atoms with van der Waals surface area (Å²) in [7, 11) is -3.35. The Bertz CT molecular complexity index is 635. The Balaban J connectivity index is 2.65. The highest BCUT2D eigenvalue weighted by atomic mass is 32.2. The summed E-state index contributed by atoms with van der Waals surface area (Å²) in [6.45, 7) is -0.671. The number of imide groups is 1. The summed E-state index contributed by atoms with van der Waals surface area (Å²) >= 11 is 0. The number of amides is 3. The molecule has 0 fully saturated rings. The lowest BCUT2D eigenvalue weighted by Crippen LogP contribution is -2.37. The number of rotatable bonds is 4. The Kier molecular flexibility index (Phi) is 4.81. The largest absolute Gasteiger partial charge is 0.452 e. The van der Waals surface area contributed by atoms with Gasteiger partial charge in [-0.05, 0) is 24.3 Å². The molecule has 0 aliphatic rings. The third kappa shape index (κ3) is 4.69.